The van der Waals surface area contributed by atoms with Crippen molar-refractivity contribution in [2.45, 2.75) is 37.8 Å². The lowest BCUT2D eigenvalue weighted by Gasteiger charge is -2.45. The number of likely N-dealkylation sites (N-methyl/N-ethyl adjacent to an activating group) is 1. The van der Waals surface area contributed by atoms with Crippen molar-refractivity contribution in [3.63, 3.8) is 0 Å². The number of halogens is 1. The van der Waals surface area contributed by atoms with Gasteiger partial charge in [-0.3, -0.25) is 4.90 Å². The van der Waals surface area contributed by atoms with Crippen molar-refractivity contribution in [1.82, 2.24) is 4.90 Å². The van der Waals surface area contributed by atoms with E-state index in [2.05, 4.69) is 52.1 Å². The summed E-state index contributed by atoms with van der Waals surface area (Å²) < 4.78 is 1.21. The molecule has 2 fully saturated rings. The lowest BCUT2D eigenvalue weighted by molar-refractivity contribution is 0.0589. The van der Waals surface area contributed by atoms with Crippen LogP contribution in [-0.2, 0) is 6.54 Å². The molecule has 0 amide bonds. The average molecular weight is 323 g/mol. The molecule has 0 aliphatic heterocycles. The zero-order valence-electron chi connectivity index (χ0n) is 11.6. The maximum absolute atomic E-state index is 6.19. The van der Waals surface area contributed by atoms with Crippen molar-refractivity contribution in [3.05, 3.63) is 34.3 Å². The van der Waals surface area contributed by atoms with E-state index >= 15 is 0 Å². The fraction of sp³-hybridized carbons (Fsp3) is 0.625. The van der Waals surface area contributed by atoms with Crippen LogP contribution in [0.5, 0.6) is 0 Å². The summed E-state index contributed by atoms with van der Waals surface area (Å²) in [5.41, 5.74) is 7.80. The molecule has 2 aliphatic carbocycles. The highest BCUT2D eigenvalue weighted by Gasteiger charge is 2.52. The van der Waals surface area contributed by atoms with Gasteiger partial charge < -0.3 is 5.73 Å². The number of fused-ring (bicyclic) bond motifs is 2. The molecule has 3 heteroatoms. The Labute approximate surface area is 124 Å². The zero-order valence-corrected chi connectivity index (χ0v) is 13.2. The minimum atomic E-state index is 0.248. The molecular formula is C16H23BrN2. The van der Waals surface area contributed by atoms with Gasteiger partial charge in [0.1, 0.15) is 0 Å². The second-order valence-corrected chi connectivity index (χ2v) is 7.19. The third-order valence-electron chi connectivity index (χ3n) is 5.42. The Balaban J connectivity index is 1.79. The van der Waals surface area contributed by atoms with Crippen LogP contribution < -0.4 is 5.73 Å². The predicted molar refractivity (Wildman–Crippen MR) is 82.8 cm³/mol. The van der Waals surface area contributed by atoms with E-state index in [0.29, 0.717) is 0 Å². The lowest BCUT2D eigenvalue weighted by Crippen LogP contribution is -2.55. The summed E-state index contributed by atoms with van der Waals surface area (Å²) in [6, 6.07) is 8.52. The van der Waals surface area contributed by atoms with Crippen molar-refractivity contribution >= 4 is 15.9 Å². The molecule has 1 aromatic rings. The van der Waals surface area contributed by atoms with E-state index in [9.17, 15) is 0 Å². The fourth-order valence-corrected chi connectivity index (χ4v) is 4.74. The summed E-state index contributed by atoms with van der Waals surface area (Å²) in [5, 5.41) is 0. The van der Waals surface area contributed by atoms with Gasteiger partial charge in [-0.25, -0.2) is 0 Å². The molecule has 0 aromatic heterocycles. The highest BCUT2D eigenvalue weighted by atomic mass is 79.9. The number of benzene rings is 1. The molecule has 2 nitrogen and oxygen atoms in total. The minimum Gasteiger partial charge on any atom is -0.329 e. The maximum Gasteiger partial charge on any atom is 0.0363 e. The largest absolute Gasteiger partial charge is 0.329 e. The zero-order chi connectivity index (χ0) is 13.5. The number of hydrogen-bond donors (Lipinski definition) is 1. The standard InChI is InChI=1S/C16H23BrN2/c1-19(10-13-4-2-3-5-15(13)17)16(11-18)9-12-6-7-14(16)8-12/h2-5,12,14H,6-11,18H2,1H3. The molecule has 0 spiro atoms. The number of nitrogens with zero attached hydrogens (tertiary/aromatic N) is 1. The Bertz CT molecular complexity index is 462. The predicted octanol–water partition coefficient (Wildman–Crippen LogP) is 3.40. The molecule has 19 heavy (non-hydrogen) atoms. The van der Waals surface area contributed by atoms with Crippen LogP contribution in [0.25, 0.3) is 0 Å². The summed E-state index contributed by atoms with van der Waals surface area (Å²) in [5.74, 6) is 1.74. The molecule has 0 heterocycles. The quantitative estimate of drug-likeness (QED) is 0.920. The summed E-state index contributed by atoms with van der Waals surface area (Å²) in [4.78, 5) is 2.52. The third kappa shape index (κ3) is 2.26. The fourth-order valence-electron chi connectivity index (χ4n) is 4.33. The summed E-state index contributed by atoms with van der Waals surface area (Å²) in [6.45, 7) is 1.79. The Hall–Kier alpha value is -0.380. The first-order valence-electron chi connectivity index (χ1n) is 7.30. The molecule has 2 saturated carbocycles. The summed E-state index contributed by atoms with van der Waals surface area (Å²) >= 11 is 3.66. The average Bonchev–Trinajstić information content (AvgIpc) is 3.02. The minimum absolute atomic E-state index is 0.248. The second kappa shape index (κ2) is 5.19. The first-order chi connectivity index (χ1) is 9.15. The highest BCUT2D eigenvalue weighted by molar-refractivity contribution is 9.10. The first kappa shape index (κ1) is 13.6. The van der Waals surface area contributed by atoms with E-state index in [1.807, 2.05) is 0 Å². The van der Waals surface area contributed by atoms with Gasteiger partial charge >= 0.3 is 0 Å². The van der Waals surface area contributed by atoms with Crippen LogP contribution in [0, 0.1) is 11.8 Å². The van der Waals surface area contributed by atoms with E-state index in [1.165, 1.54) is 35.7 Å². The van der Waals surface area contributed by atoms with E-state index in [4.69, 9.17) is 5.73 Å². The molecular weight excluding hydrogens is 300 g/mol. The maximum atomic E-state index is 6.19. The smallest absolute Gasteiger partial charge is 0.0363 e. The van der Waals surface area contributed by atoms with Gasteiger partial charge in [-0.15, -0.1) is 0 Å². The second-order valence-electron chi connectivity index (χ2n) is 6.34. The molecule has 2 aliphatic rings. The Kier molecular flexibility index (Phi) is 3.71. The molecule has 3 rings (SSSR count). The Morgan fingerprint density at radius 1 is 1.37 bits per heavy atom. The summed E-state index contributed by atoms with van der Waals surface area (Å²) in [7, 11) is 2.26. The molecule has 1 aromatic carbocycles. The van der Waals surface area contributed by atoms with Crippen LogP contribution in [-0.4, -0.2) is 24.0 Å². The van der Waals surface area contributed by atoms with E-state index < -0.39 is 0 Å². The molecule has 0 saturated heterocycles. The SMILES string of the molecule is CN(Cc1ccccc1Br)C1(CN)CC2CCC1C2. The number of nitrogens with two attached hydrogens (primary N) is 1. The van der Waals surface area contributed by atoms with Crippen molar-refractivity contribution in [1.29, 1.82) is 0 Å². The third-order valence-corrected chi connectivity index (χ3v) is 6.20. The number of hydrogen-bond acceptors (Lipinski definition) is 2. The Morgan fingerprint density at radius 3 is 2.74 bits per heavy atom. The molecule has 104 valence electrons. The molecule has 3 unspecified atom stereocenters. The van der Waals surface area contributed by atoms with Gasteiger partial charge in [-0.1, -0.05) is 40.5 Å². The van der Waals surface area contributed by atoms with Gasteiger partial charge in [-0.05, 0) is 49.8 Å². The van der Waals surface area contributed by atoms with Gasteiger partial charge in [0.2, 0.25) is 0 Å². The monoisotopic (exact) mass is 322 g/mol. The lowest BCUT2D eigenvalue weighted by atomic mass is 9.79. The highest BCUT2D eigenvalue weighted by Crippen LogP contribution is 2.53. The van der Waals surface area contributed by atoms with Gasteiger partial charge in [0.25, 0.3) is 0 Å². The number of rotatable bonds is 4. The van der Waals surface area contributed by atoms with Gasteiger partial charge in [0.15, 0.2) is 0 Å². The summed E-state index contributed by atoms with van der Waals surface area (Å²) in [6.07, 6.45) is 5.50. The van der Waals surface area contributed by atoms with Gasteiger partial charge in [0, 0.05) is 23.1 Å². The molecule has 0 radical (unpaired) electrons. The molecule has 2 N–H and O–H groups in total. The van der Waals surface area contributed by atoms with Crippen molar-refractivity contribution < 1.29 is 0 Å². The van der Waals surface area contributed by atoms with Crippen LogP contribution in [0.15, 0.2) is 28.7 Å². The van der Waals surface area contributed by atoms with Crippen LogP contribution in [0.2, 0.25) is 0 Å². The molecule has 2 bridgehead atoms. The van der Waals surface area contributed by atoms with E-state index in [0.717, 1.165) is 24.9 Å². The van der Waals surface area contributed by atoms with Crippen LogP contribution in [0.1, 0.15) is 31.2 Å². The van der Waals surface area contributed by atoms with Crippen molar-refractivity contribution in [2.24, 2.45) is 17.6 Å². The van der Waals surface area contributed by atoms with Gasteiger partial charge in [0.05, 0.1) is 0 Å². The van der Waals surface area contributed by atoms with Crippen LogP contribution in [0.4, 0.5) is 0 Å². The Morgan fingerprint density at radius 2 is 2.16 bits per heavy atom. The van der Waals surface area contributed by atoms with Gasteiger partial charge in [-0.2, -0.15) is 0 Å². The topological polar surface area (TPSA) is 29.3 Å². The van der Waals surface area contributed by atoms with Crippen molar-refractivity contribution in [3.8, 4) is 0 Å². The van der Waals surface area contributed by atoms with Crippen LogP contribution in [0.3, 0.4) is 0 Å². The van der Waals surface area contributed by atoms with E-state index in [1.54, 1.807) is 0 Å². The first-order valence-corrected chi connectivity index (χ1v) is 8.10. The van der Waals surface area contributed by atoms with Crippen molar-refractivity contribution in [2.75, 3.05) is 13.6 Å². The normalized spacial score (nSPS) is 33.3. The van der Waals surface area contributed by atoms with Crippen LogP contribution >= 0.6 is 15.9 Å². The molecule has 3 atom stereocenters. The van der Waals surface area contributed by atoms with E-state index in [-0.39, 0.29) is 5.54 Å².